The average Bonchev–Trinajstić information content (AvgIpc) is 2.65. The molecular weight excluding hydrogens is 329 g/mol. The van der Waals surface area contributed by atoms with Gasteiger partial charge in [-0.05, 0) is 48.7 Å². The highest BCUT2D eigenvalue weighted by Crippen LogP contribution is 2.28. The number of fused-ring (bicyclic) bond motifs is 1. The molecule has 132 valence electrons. The van der Waals surface area contributed by atoms with Gasteiger partial charge in [0.05, 0.1) is 23.8 Å². The van der Waals surface area contributed by atoms with Crippen molar-refractivity contribution in [1.82, 2.24) is 15.2 Å². The first kappa shape index (κ1) is 16.4. The van der Waals surface area contributed by atoms with Crippen LogP contribution in [0.4, 0.5) is 21.6 Å². The van der Waals surface area contributed by atoms with Gasteiger partial charge in [0, 0.05) is 25.2 Å². The van der Waals surface area contributed by atoms with Crippen LogP contribution in [0.2, 0.25) is 0 Å². The summed E-state index contributed by atoms with van der Waals surface area (Å²) in [5.74, 6) is 0.639. The highest BCUT2D eigenvalue weighted by atomic mass is 19.1. The summed E-state index contributed by atoms with van der Waals surface area (Å²) in [6, 6.07) is 8.67. The Morgan fingerprint density at radius 1 is 1.15 bits per heavy atom. The van der Waals surface area contributed by atoms with E-state index < -0.39 is 0 Å². The van der Waals surface area contributed by atoms with Gasteiger partial charge >= 0.3 is 0 Å². The number of para-hydroxylation sites is 1. The van der Waals surface area contributed by atoms with Gasteiger partial charge in [0.2, 0.25) is 0 Å². The summed E-state index contributed by atoms with van der Waals surface area (Å²) < 4.78 is 13.9. The average molecular weight is 349 g/mol. The maximum absolute atomic E-state index is 13.9. The summed E-state index contributed by atoms with van der Waals surface area (Å²) in [5.41, 5.74) is 5.72. The van der Waals surface area contributed by atoms with Gasteiger partial charge in [-0.3, -0.25) is 4.98 Å². The summed E-state index contributed by atoms with van der Waals surface area (Å²) in [6.07, 6.45) is 4.40. The van der Waals surface area contributed by atoms with Crippen molar-refractivity contribution >= 4 is 17.2 Å². The van der Waals surface area contributed by atoms with Crippen LogP contribution in [0.3, 0.4) is 0 Å². The van der Waals surface area contributed by atoms with Crippen LogP contribution in [0.1, 0.15) is 22.4 Å². The van der Waals surface area contributed by atoms with Crippen molar-refractivity contribution in [1.29, 1.82) is 0 Å². The Kier molecular flexibility index (Phi) is 4.24. The molecule has 0 unspecified atom stereocenters. The van der Waals surface area contributed by atoms with Crippen LogP contribution in [-0.4, -0.2) is 21.7 Å². The van der Waals surface area contributed by atoms with Gasteiger partial charge in [0.25, 0.3) is 0 Å². The summed E-state index contributed by atoms with van der Waals surface area (Å²) in [7, 11) is 0. The van der Waals surface area contributed by atoms with E-state index in [1.54, 1.807) is 30.6 Å². The fraction of sp³-hybridized carbons (Fsp3) is 0.250. The van der Waals surface area contributed by atoms with Crippen LogP contribution >= 0.6 is 0 Å². The number of pyridine rings is 1. The Hall–Kier alpha value is -3.02. The molecule has 3 aromatic rings. The van der Waals surface area contributed by atoms with Gasteiger partial charge in [-0.2, -0.15) is 5.10 Å². The molecule has 1 aliphatic heterocycles. The van der Waals surface area contributed by atoms with E-state index in [-0.39, 0.29) is 5.82 Å². The topological polar surface area (TPSA) is 53.9 Å². The molecule has 0 aliphatic carbocycles. The van der Waals surface area contributed by atoms with Crippen LogP contribution in [0.5, 0.6) is 0 Å². The third-order valence-corrected chi connectivity index (χ3v) is 4.82. The predicted octanol–water partition coefficient (Wildman–Crippen LogP) is 3.93. The molecule has 0 saturated carbocycles. The van der Waals surface area contributed by atoms with Crippen LogP contribution < -0.4 is 10.2 Å². The normalized spacial score (nSPS) is 13.4. The number of aryl methyl sites for hydroxylation is 1. The minimum atomic E-state index is -0.280. The first-order valence-electron chi connectivity index (χ1n) is 8.65. The zero-order valence-corrected chi connectivity index (χ0v) is 14.8. The van der Waals surface area contributed by atoms with Crippen molar-refractivity contribution in [2.45, 2.75) is 26.8 Å². The van der Waals surface area contributed by atoms with Gasteiger partial charge in [-0.1, -0.05) is 12.1 Å². The maximum Gasteiger partial charge on any atom is 0.154 e. The molecule has 1 aromatic carbocycles. The van der Waals surface area contributed by atoms with Crippen molar-refractivity contribution in [3.63, 3.8) is 0 Å². The molecule has 0 saturated heterocycles. The lowest BCUT2D eigenvalue weighted by Crippen LogP contribution is -2.32. The second-order valence-electron chi connectivity index (χ2n) is 6.58. The molecule has 1 aliphatic rings. The third kappa shape index (κ3) is 3.10. The first-order valence-corrected chi connectivity index (χ1v) is 8.65. The van der Waals surface area contributed by atoms with Crippen LogP contribution in [0.25, 0.3) is 0 Å². The molecule has 0 spiro atoms. The van der Waals surface area contributed by atoms with Gasteiger partial charge in [-0.25, -0.2) is 4.39 Å². The largest absolute Gasteiger partial charge is 0.352 e. The van der Waals surface area contributed by atoms with Crippen LogP contribution in [-0.2, 0) is 13.0 Å². The Morgan fingerprint density at radius 2 is 2.00 bits per heavy atom. The monoisotopic (exact) mass is 349 g/mol. The van der Waals surface area contributed by atoms with Crippen LogP contribution in [0.15, 0.2) is 42.7 Å². The summed E-state index contributed by atoms with van der Waals surface area (Å²) in [4.78, 5) is 6.79. The molecule has 2 aromatic heterocycles. The Labute approximate surface area is 151 Å². The molecule has 0 amide bonds. The molecule has 3 heterocycles. The standard InChI is InChI=1S/C20H20FN5/c1-13-10-23-25-20(14(13)2)26-8-7-18-15(12-26)9-16(11-22-18)24-19-6-4-3-5-17(19)21/h3-6,9-11,24H,7-8,12H2,1-2H3. The lowest BCUT2D eigenvalue weighted by atomic mass is 10.0. The smallest absolute Gasteiger partial charge is 0.154 e. The van der Waals surface area contributed by atoms with E-state index in [1.165, 1.54) is 6.07 Å². The third-order valence-electron chi connectivity index (χ3n) is 4.82. The summed E-state index contributed by atoms with van der Waals surface area (Å²) >= 11 is 0. The van der Waals surface area contributed by atoms with Crippen molar-refractivity contribution in [2.75, 3.05) is 16.8 Å². The molecule has 0 atom stereocenters. The molecule has 5 nitrogen and oxygen atoms in total. The fourth-order valence-corrected chi connectivity index (χ4v) is 3.21. The molecule has 4 rings (SSSR count). The van der Waals surface area contributed by atoms with Gasteiger partial charge in [-0.15, -0.1) is 5.10 Å². The number of hydrogen-bond acceptors (Lipinski definition) is 5. The van der Waals surface area contributed by atoms with E-state index in [2.05, 4.69) is 32.3 Å². The first-order chi connectivity index (χ1) is 12.6. The Balaban J connectivity index is 1.60. The highest BCUT2D eigenvalue weighted by molar-refractivity contribution is 5.61. The number of anilines is 3. The lowest BCUT2D eigenvalue weighted by Gasteiger charge is -2.30. The predicted molar refractivity (Wildman–Crippen MR) is 100 cm³/mol. The van der Waals surface area contributed by atoms with E-state index in [1.807, 2.05) is 13.0 Å². The van der Waals surface area contributed by atoms with E-state index in [9.17, 15) is 4.39 Å². The molecule has 6 heteroatoms. The lowest BCUT2D eigenvalue weighted by molar-refractivity contribution is 0.632. The van der Waals surface area contributed by atoms with Crippen LogP contribution in [0, 0.1) is 19.7 Å². The maximum atomic E-state index is 13.9. The minimum Gasteiger partial charge on any atom is -0.352 e. The molecule has 0 radical (unpaired) electrons. The zero-order chi connectivity index (χ0) is 18.1. The number of hydrogen-bond donors (Lipinski definition) is 1. The van der Waals surface area contributed by atoms with E-state index in [0.29, 0.717) is 12.2 Å². The zero-order valence-electron chi connectivity index (χ0n) is 14.8. The van der Waals surface area contributed by atoms with E-state index in [4.69, 9.17) is 0 Å². The molecular formula is C20H20FN5. The van der Waals surface area contributed by atoms with Crippen molar-refractivity contribution < 1.29 is 4.39 Å². The number of aromatic nitrogens is 3. The number of rotatable bonds is 3. The van der Waals surface area contributed by atoms with E-state index in [0.717, 1.165) is 46.9 Å². The highest BCUT2D eigenvalue weighted by Gasteiger charge is 2.21. The number of nitrogens with one attached hydrogen (secondary N) is 1. The second kappa shape index (κ2) is 6.71. The van der Waals surface area contributed by atoms with Gasteiger partial charge < -0.3 is 10.2 Å². The summed E-state index contributed by atoms with van der Waals surface area (Å²) in [5, 5.41) is 11.5. The minimum absolute atomic E-state index is 0.280. The molecule has 0 bridgehead atoms. The van der Waals surface area contributed by atoms with E-state index >= 15 is 0 Å². The van der Waals surface area contributed by atoms with Gasteiger partial charge in [0.1, 0.15) is 5.82 Å². The Morgan fingerprint density at radius 3 is 2.85 bits per heavy atom. The molecule has 1 N–H and O–H groups in total. The fourth-order valence-electron chi connectivity index (χ4n) is 3.21. The van der Waals surface area contributed by atoms with Crippen molar-refractivity contribution in [3.8, 4) is 0 Å². The molecule has 0 fully saturated rings. The Bertz CT molecular complexity index is 957. The quantitative estimate of drug-likeness (QED) is 0.776. The number of nitrogens with zero attached hydrogens (tertiary/aromatic N) is 4. The summed E-state index contributed by atoms with van der Waals surface area (Å²) in [6.45, 7) is 5.69. The number of halogens is 1. The van der Waals surface area contributed by atoms with Crippen molar-refractivity contribution in [3.05, 3.63) is 70.9 Å². The van der Waals surface area contributed by atoms with Crippen molar-refractivity contribution in [2.24, 2.45) is 0 Å². The SMILES string of the molecule is Cc1cnnc(N2CCc3ncc(Nc4ccccc4F)cc3C2)c1C. The second-order valence-corrected chi connectivity index (χ2v) is 6.58. The molecule has 26 heavy (non-hydrogen) atoms. The number of benzene rings is 1. The van der Waals surface area contributed by atoms with Gasteiger partial charge in [0.15, 0.2) is 5.82 Å².